The topological polar surface area (TPSA) is 41.6 Å². The molecule has 0 amide bonds. The molecule has 0 fully saturated rings. The maximum atomic E-state index is 5.91. The van der Waals surface area contributed by atoms with Gasteiger partial charge in [0.2, 0.25) is 0 Å². The van der Waals surface area contributed by atoms with Crippen molar-refractivity contribution in [1.82, 2.24) is 15.2 Å². The number of nitrogens with one attached hydrogen (secondary N) is 1. The first-order chi connectivity index (χ1) is 9.25. The maximum Gasteiger partial charge on any atom is 0.101 e. The van der Waals surface area contributed by atoms with Gasteiger partial charge in [-0.25, -0.2) is 0 Å². The molecule has 3 nitrogen and oxygen atoms in total. The predicted molar refractivity (Wildman–Crippen MR) is 79.5 cm³/mol. The van der Waals surface area contributed by atoms with E-state index in [9.17, 15) is 0 Å². The van der Waals surface area contributed by atoms with Crippen LogP contribution in [0.25, 0.3) is 22.4 Å². The molecule has 0 saturated carbocycles. The van der Waals surface area contributed by atoms with Crippen molar-refractivity contribution in [2.24, 2.45) is 0 Å². The van der Waals surface area contributed by atoms with Crippen LogP contribution in [0.2, 0.25) is 5.02 Å². The Labute approximate surface area is 121 Å². The Morgan fingerprint density at radius 1 is 0.947 bits per heavy atom. The third-order valence-corrected chi connectivity index (χ3v) is 3.41. The zero-order valence-electron chi connectivity index (χ0n) is 9.84. The second-order valence-electron chi connectivity index (χ2n) is 4.04. The molecule has 19 heavy (non-hydrogen) atoms. The van der Waals surface area contributed by atoms with Crippen LogP contribution < -0.4 is 0 Å². The van der Waals surface area contributed by atoms with Crippen molar-refractivity contribution >= 4 is 24.2 Å². The molecule has 2 aromatic heterocycles. The van der Waals surface area contributed by atoms with Crippen molar-refractivity contribution in [1.29, 1.82) is 0 Å². The standard InChI is InChI=1S/C14H10ClN3S/c15-11-3-1-10(2-4-11)13-12(14(19)18-17-13)9-5-7-16-8-6-9/h1-8H,(H2,17,18,19). The van der Waals surface area contributed by atoms with E-state index in [0.717, 1.165) is 27.4 Å². The van der Waals surface area contributed by atoms with Gasteiger partial charge in [0.15, 0.2) is 0 Å². The molecule has 94 valence electrons. The number of aromatic amines is 1. The molecule has 0 aliphatic carbocycles. The van der Waals surface area contributed by atoms with Gasteiger partial charge < -0.3 is 0 Å². The van der Waals surface area contributed by atoms with E-state index in [-0.39, 0.29) is 0 Å². The molecule has 3 aromatic rings. The number of hydrogen-bond acceptors (Lipinski definition) is 3. The van der Waals surface area contributed by atoms with Gasteiger partial charge >= 0.3 is 0 Å². The minimum absolute atomic E-state index is 0.704. The first kappa shape index (κ1) is 12.3. The number of hydrogen-bond donors (Lipinski definition) is 2. The van der Waals surface area contributed by atoms with Gasteiger partial charge in [0, 0.05) is 28.5 Å². The summed E-state index contributed by atoms with van der Waals surface area (Å²) in [6.45, 7) is 0. The molecule has 0 radical (unpaired) electrons. The highest BCUT2D eigenvalue weighted by Crippen LogP contribution is 2.34. The Morgan fingerprint density at radius 3 is 2.32 bits per heavy atom. The van der Waals surface area contributed by atoms with E-state index in [1.165, 1.54) is 0 Å². The fraction of sp³-hybridized carbons (Fsp3) is 0. The number of benzene rings is 1. The van der Waals surface area contributed by atoms with Crippen LogP contribution in [-0.2, 0) is 0 Å². The van der Waals surface area contributed by atoms with Crippen molar-refractivity contribution in [3.8, 4) is 22.4 Å². The van der Waals surface area contributed by atoms with Gasteiger partial charge in [0.1, 0.15) is 5.69 Å². The maximum absolute atomic E-state index is 5.91. The summed E-state index contributed by atoms with van der Waals surface area (Å²) in [4.78, 5) is 4.03. The lowest BCUT2D eigenvalue weighted by atomic mass is 10.0. The second kappa shape index (κ2) is 5.07. The van der Waals surface area contributed by atoms with Crippen LogP contribution in [0.5, 0.6) is 0 Å². The molecule has 3 rings (SSSR count). The molecular weight excluding hydrogens is 278 g/mol. The third kappa shape index (κ3) is 2.37. The molecule has 2 heterocycles. The van der Waals surface area contributed by atoms with Crippen LogP contribution in [-0.4, -0.2) is 15.2 Å². The van der Waals surface area contributed by atoms with Crippen LogP contribution in [0.1, 0.15) is 0 Å². The van der Waals surface area contributed by atoms with Crippen molar-refractivity contribution < 1.29 is 0 Å². The number of halogens is 1. The second-order valence-corrected chi connectivity index (χ2v) is 4.92. The highest BCUT2D eigenvalue weighted by Gasteiger charge is 2.14. The van der Waals surface area contributed by atoms with Crippen LogP contribution in [0.4, 0.5) is 0 Å². The summed E-state index contributed by atoms with van der Waals surface area (Å²) >= 11 is 10.3. The molecular formula is C14H10ClN3S. The van der Waals surface area contributed by atoms with Crippen LogP contribution in [0.15, 0.2) is 53.8 Å². The molecule has 0 saturated heterocycles. The minimum atomic E-state index is 0.704. The van der Waals surface area contributed by atoms with Gasteiger partial charge in [-0.2, -0.15) is 5.10 Å². The van der Waals surface area contributed by atoms with E-state index in [2.05, 4.69) is 27.8 Å². The lowest BCUT2D eigenvalue weighted by Crippen LogP contribution is -1.83. The Kier molecular flexibility index (Phi) is 3.27. The Morgan fingerprint density at radius 2 is 1.63 bits per heavy atom. The molecule has 0 atom stereocenters. The minimum Gasteiger partial charge on any atom is -0.271 e. The van der Waals surface area contributed by atoms with E-state index in [4.69, 9.17) is 11.6 Å². The predicted octanol–water partition coefficient (Wildman–Crippen LogP) is 4.08. The number of nitrogens with zero attached hydrogens (tertiary/aromatic N) is 2. The molecule has 0 spiro atoms. The summed E-state index contributed by atoms with van der Waals surface area (Å²) in [6.07, 6.45) is 3.50. The van der Waals surface area contributed by atoms with E-state index >= 15 is 0 Å². The smallest absolute Gasteiger partial charge is 0.101 e. The SMILES string of the molecule is Sc1[nH]nc(-c2ccc(Cl)cc2)c1-c1ccncc1. The summed E-state index contributed by atoms with van der Waals surface area (Å²) in [6, 6.07) is 11.4. The fourth-order valence-electron chi connectivity index (χ4n) is 1.94. The van der Waals surface area contributed by atoms with Gasteiger partial charge in [0.25, 0.3) is 0 Å². The lowest BCUT2D eigenvalue weighted by molar-refractivity contribution is 1.01. The van der Waals surface area contributed by atoms with Gasteiger partial charge in [-0.05, 0) is 29.8 Å². The Hall–Kier alpha value is -1.78. The number of aromatic nitrogens is 3. The van der Waals surface area contributed by atoms with E-state index in [1.54, 1.807) is 12.4 Å². The Bertz CT molecular complexity index is 692. The molecule has 1 N–H and O–H groups in total. The summed E-state index contributed by atoms with van der Waals surface area (Å²) in [5, 5.41) is 8.67. The van der Waals surface area contributed by atoms with Gasteiger partial charge in [-0.1, -0.05) is 23.7 Å². The van der Waals surface area contributed by atoms with E-state index in [1.807, 2.05) is 36.4 Å². The summed E-state index contributed by atoms with van der Waals surface area (Å²) in [5.74, 6) is 0. The largest absolute Gasteiger partial charge is 0.271 e. The Balaban J connectivity index is 2.16. The molecule has 1 aromatic carbocycles. The van der Waals surface area contributed by atoms with Crippen LogP contribution in [0, 0.1) is 0 Å². The van der Waals surface area contributed by atoms with Crippen molar-refractivity contribution in [2.45, 2.75) is 5.03 Å². The third-order valence-electron chi connectivity index (χ3n) is 2.83. The average molecular weight is 288 g/mol. The molecule has 0 aliphatic heterocycles. The zero-order chi connectivity index (χ0) is 13.2. The first-order valence-electron chi connectivity index (χ1n) is 5.69. The van der Waals surface area contributed by atoms with Gasteiger partial charge in [-0.15, -0.1) is 12.6 Å². The van der Waals surface area contributed by atoms with Crippen molar-refractivity contribution in [3.63, 3.8) is 0 Å². The summed E-state index contributed by atoms with van der Waals surface area (Å²) < 4.78 is 0. The average Bonchev–Trinajstić information content (AvgIpc) is 2.82. The molecule has 0 bridgehead atoms. The fourth-order valence-corrected chi connectivity index (χ4v) is 2.35. The van der Waals surface area contributed by atoms with Crippen molar-refractivity contribution in [3.05, 3.63) is 53.8 Å². The number of pyridine rings is 1. The van der Waals surface area contributed by atoms with Crippen molar-refractivity contribution in [2.75, 3.05) is 0 Å². The molecule has 0 aliphatic rings. The monoisotopic (exact) mass is 287 g/mol. The molecule has 0 unspecified atom stereocenters. The van der Waals surface area contributed by atoms with Gasteiger partial charge in [0.05, 0.1) is 5.03 Å². The summed E-state index contributed by atoms with van der Waals surface area (Å²) in [7, 11) is 0. The van der Waals surface area contributed by atoms with E-state index < -0.39 is 0 Å². The number of thiol groups is 1. The zero-order valence-corrected chi connectivity index (χ0v) is 11.5. The van der Waals surface area contributed by atoms with E-state index in [0.29, 0.717) is 5.02 Å². The van der Waals surface area contributed by atoms with Crippen LogP contribution in [0.3, 0.4) is 0 Å². The van der Waals surface area contributed by atoms with Gasteiger partial charge in [-0.3, -0.25) is 10.1 Å². The quantitative estimate of drug-likeness (QED) is 0.697. The summed E-state index contributed by atoms with van der Waals surface area (Å²) in [5.41, 5.74) is 3.84. The van der Waals surface area contributed by atoms with Crippen LogP contribution >= 0.6 is 24.2 Å². The molecule has 5 heteroatoms. The number of rotatable bonds is 2. The highest BCUT2D eigenvalue weighted by atomic mass is 35.5. The number of H-pyrrole nitrogens is 1. The normalized spacial score (nSPS) is 10.6. The first-order valence-corrected chi connectivity index (χ1v) is 6.52. The lowest BCUT2D eigenvalue weighted by Gasteiger charge is -2.04. The highest BCUT2D eigenvalue weighted by molar-refractivity contribution is 7.80.